The number of hydrogen-bond acceptors (Lipinski definition) is 13. The third kappa shape index (κ3) is 22.5. The van der Waals surface area contributed by atoms with Crippen molar-refractivity contribution in [3.63, 3.8) is 0 Å². The van der Waals surface area contributed by atoms with Gasteiger partial charge in [0.25, 0.3) is 11.8 Å². The van der Waals surface area contributed by atoms with Crippen LogP contribution in [0.3, 0.4) is 0 Å². The number of ether oxygens (including phenoxy) is 1. The van der Waals surface area contributed by atoms with Gasteiger partial charge in [-0.25, -0.2) is 32.8 Å². The number of aromatic nitrogens is 3. The van der Waals surface area contributed by atoms with Crippen LogP contribution in [0.25, 0.3) is 11.4 Å². The average Bonchev–Trinajstić information content (AvgIpc) is 2.15. The predicted octanol–water partition coefficient (Wildman–Crippen LogP) is 5.48. The maximum absolute atomic E-state index is 15.3. The molecule has 4 aromatic rings. The van der Waals surface area contributed by atoms with E-state index in [1.807, 2.05) is 64.8 Å². The number of benzene rings is 3. The van der Waals surface area contributed by atoms with Crippen LogP contribution >= 0.6 is 0 Å². The molecule has 0 spiro atoms. The van der Waals surface area contributed by atoms with Gasteiger partial charge in [-0.3, -0.25) is 33.7 Å². The Balaban J connectivity index is 0.00000160. The fraction of sp³-hybridized carbons (Fsp3) is 0.458. The smallest absolute Gasteiger partial charge is 0.407 e. The number of nitrogens with zero attached hydrogens (tertiary/aromatic N) is 6. The number of urea groups is 2. The molecule has 2 aliphatic heterocycles. The van der Waals surface area contributed by atoms with Gasteiger partial charge in [-0.05, 0) is 78.5 Å². The van der Waals surface area contributed by atoms with Gasteiger partial charge in [0.1, 0.15) is 31.1 Å². The summed E-state index contributed by atoms with van der Waals surface area (Å²) in [6.45, 7) is 14.8. The third-order valence-corrected chi connectivity index (χ3v) is 13.1. The third-order valence-electron chi connectivity index (χ3n) is 13.1. The summed E-state index contributed by atoms with van der Waals surface area (Å²) in [6, 6.07) is 16.4. The summed E-state index contributed by atoms with van der Waals surface area (Å²) < 4.78 is 36.9. The Morgan fingerprint density at radius 3 is 2.16 bits per heavy atom. The molecule has 24 nitrogen and oxygen atoms in total. The van der Waals surface area contributed by atoms with Crippen molar-refractivity contribution >= 4 is 66.1 Å². The summed E-state index contributed by atoms with van der Waals surface area (Å²) >= 11 is 0. The van der Waals surface area contributed by atoms with Gasteiger partial charge in [0.2, 0.25) is 23.6 Å². The van der Waals surface area contributed by atoms with Gasteiger partial charge in [-0.15, -0.1) is 0 Å². The maximum Gasteiger partial charge on any atom is 0.407 e. The molecular weight excluding hydrogens is 1100 g/mol. The molecule has 11 amide bonds. The molecule has 2 atom stereocenters. The van der Waals surface area contributed by atoms with Gasteiger partial charge in [-0.2, -0.15) is 5.10 Å². The fourth-order valence-corrected chi connectivity index (χ4v) is 8.90. The zero-order valence-electron chi connectivity index (χ0n) is 49.1. The van der Waals surface area contributed by atoms with E-state index in [1.165, 1.54) is 12.2 Å². The fourth-order valence-electron chi connectivity index (χ4n) is 8.90. The number of rotatable bonds is 25. The molecule has 1 fully saturated rings. The average molecular weight is 1180 g/mol. The van der Waals surface area contributed by atoms with Gasteiger partial charge in [0.15, 0.2) is 11.6 Å². The Morgan fingerprint density at radius 2 is 1.53 bits per heavy atom. The molecule has 3 aromatic carbocycles. The van der Waals surface area contributed by atoms with Crippen LogP contribution < -0.4 is 37.6 Å². The molecule has 3 heterocycles. The van der Waals surface area contributed by atoms with E-state index in [4.69, 9.17) is 20.2 Å². The second-order valence-corrected chi connectivity index (χ2v) is 21.3. The topological polar surface area (TPSA) is 319 Å². The number of primary amides is 1. The van der Waals surface area contributed by atoms with Gasteiger partial charge < -0.3 is 57.0 Å². The lowest BCUT2D eigenvalue weighted by Gasteiger charge is -2.41. The van der Waals surface area contributed by atoms with Gasteiger partial charge >= 0.3 is 18.2 Å². The minimum atomic E-state index is -0.883. The first-order valence-electron chi connectivity index (χ1n) is 28.0. The molecular formula is C59H79F2N13O11. The van der Waals surface area contributed by atoms with Gasteiger partial charge in [0.05, 0.1) is 24.7 Å². The highest BCUT2D eigenvalue weighted by Crippen LogP contribution is 2.39. The van der Waals surface area contributed by atoms with Crippen LogP contribution in [0, 0.1) is 23.0 Å². The summed E-state index contributed by atoms with van der Waals surface area (Å²) in [4.78, 5) is 129. The normalized spacial score (nSPS) is 13.6. The van der Waals surface area contributed by atoms with Crippen molar-refractivity contribution in [1.82, 2.24) is 56.0 Å². The number of nitrogens with two attached hydrogens (primary N) is 1. The van der Waals surface area contributed by atoms with Gasteiger partial charge in [-0.1, -0.05) is 90.4 Å². The Labute approximate surface area is 493 Å². The molecule has 8 N–H and O–H groups in total. The minimum Gasteiger partial charge on any atom is -0.445 e. The van der Waals surface area contributed by atoms with Gasteiger partial charge in [0, 0.05) is 76.5 Å². The summed E-state index contributed by atoms with van der Waals surface area (Å²) in [5, 5.41) is 20.7. The molecule has 2 unspecified atom stereocenters. The molecule has 2 aliphatic rings. The minimum absolute atomic E-state index is 0.0613. The van der Waals surface area contributed by atoms with E-state index in [1.54, 1.807) is 52.6 Å². The molecule has 460 valence electrons. The van der Waals surface area contributed by atoms with Crippen molar-refractivity contribution in [2.45, 2.75) is 112 Å². The molecule has 0 saturated carbocycles. The van der Waals surface area contributed by atoms with E-state index in [-0.39, 0.29) is 125 Å². The SMILES string of the molecule is C=O.CC(C)C(NC(=O)CCCCCN1C(=O)C=CC1=O)C(=O)NCC(=O)Nc1ccc(COC(=O)NCCCN(C(=O)N2CCNC(=O)CC2)C(c2nc(-c3cc(F)ccc3F)nn2Cc2ccccc2)C(C)(C)C)cc1.CCCNC(N)=O. The first-order valence-corrected chi connectivity index (χ1v) is 28.0. The van der Waals surface area contributed by atoms with Crippen LogP contribution in [0.5, 0.6) is 0 Å². The predicted molar refractivity (Wildman–Crippen MR) is 311 cm³/mol. The number of carbonyl (C=O) groups excluding carboxylic acids is 10. The standard InChI is InChI=1S/C54H67F2N11O9.C4H10N2O.CH2O/c1-35(2)47(61-43(69)15-10-7-11-27-65-45(71)22-23-46(65)72)51(73)59-32-44(70)60-39-19-16-37(17-20-39)34-76-52(74)58-25-12-28-66(53(75)64-29-24-42(68)57-26-30-64)48(54(3,4)5)50-62-49(40-31-38(55)18-21-41(40)56)63-67(50)33-36-13-8-6-9-14-36;1-2-3-6-4(5)7;1-2/h6,8-9,13-14,16-23,31,35,47-48H,7,10-12,15,24-30,32-34H2,1-5H3,(H,57,68)(H,58,74)(H,59,73)(H,60,70)(H,61,69);2-3H2,1H3,(H3,5,6,7);1H2. The molecule has 0 bridgehead atoms. The monoisotopic (exact) mass is 1180 g/mol. The zero-order valence-corrected chi connectivity index (χ0v) is 49.1. The number of unbranched alkanes of at least 4 members (excludes halogenated alkanes) is 2. The van der Waals surface area contributed by atoms with E-state index >= 15 is 4.39 Å². The molecule has 0 aliphatic carbocycles. The molecule has 0 radical (unpaired) electrons. The largest absolute Gasteiger partial charge is 0.445 e. The molecule has 1 aromatic heterocycles. The number of alkyl carbamates (subject to hydrolysis) is 1. The highest BCUT2D eigenvalue weighted by Gasteiger charge is 2.41. The lowest BCUT2D eigenvalue weighted by Crippen LogP contribution is -2.51. The second kappa shape index (κ2) is 34.5. The summed E-state index contributed by atoms with van der Waals surface area (Å²) in [7, 11) is 0. The number of amides is 11. The van der Waals surface area contributed by atoms with Crippen LogP contribution in [0.1, 0.15) is 109 Å². The highest BCUT2D eigenvalue weighted by molar-refractivity contribution is 6.12. The Kier molecular flexibility index (Phi) is 27.8. The molecule has 1 saturated heterocycles. The van der Waals surface area contributed by atoms with E-state index in [9.17, 15) is 47.5 Å². The van der Waals surface area contributed by atoms with Crippen LogP contribution in [0.15, 0.2) is 84.9 Å². The van der Waals surface area contributed by atoms with Crippen molar-refractivity contribution in [3.05, 3.63) is 114 Å². The zero-order chi connectivity index (χ0) is 62.6. The first-order chi connectivity index (χ1) is 40.5. The number of carbonyl (C=O) groups is 10. The van der Waals surface area contributed by atoms with Crippen molar-refractivity contribution in [2.24, 2.45) is 17.1 Å². The molecule has 85 heavy (non-hydrogen) atoms. The molecule has 6 rings (SSSR count). The van der Waals surface area contributed by atoms with Crippen LogP contribution in [-0.2, 0) is 51.5 Å². The number of nitrogens with one attached hydrogen (secondary N) is 6. The number of imide groups is 1. The first kappa shape index (κ1) is 68.4. The lowest BCUT2D eigenvalue weighted by molar-refractivity contribution is -0.137. The Hall–Kier alpha value is -9.10. The number of halogens is 2. The summed E-state index contributed by atoms with van der Waals surface area (Å²) in [6.07, 6.45) is 4.80. The second-order valence-electron chi connectivity index (χ2n) is 21.3. The van der Waals surface area contributed by atoms with Crippen molar-refractivity contribution in [2.75, 3.05) is 57.7 Å². The van der Waals surface area contributed by atoms with Crippen LogP contribution in [-0.4, -0.2) is 148 Å². The summed E-state index contributed by atoms with van der Waals surface area (Å²) in [5.41, 5.74) is 5.74. The van der Waals surface area contributed by atoms with Crippen molar-refractivity contribution in [1.29, 1.82) is 0 Å². The number of anilines is 1. The Bertz CT molecular complexity index is 2920. The van der Waals surface area contributed by atoms with Crippen molar-refractivity contribution < 1.29 is 61.5 Å². The van der Waals surface area contributed by atoms with E-state index in [2.05, 4.69) is 37.0 Å². The van der Waals surface area contributed by atoms with Crippen LogP contribution in [0.2, 0.25) is 0 Å². The molecule has 26 heteroatoms. The summed E-state index contributed by atoms with van der Waals surface area (Å²) in [5.74, 6) is -3.66. The Morgan fingerprint density at radius 1 is 0.835 bits per heavy atom. The van der Waals surface area contributed by atoms with E-state index in [0.717, 1.165) is 35.1 Å². The van der Waals surface area contributed by atoms with Crippen LogP contribution in [0.4, 0.5) is 28.9 Å². The number of hydrogen-bond donors (Lipinski definition) is 7. The quantitative estimate of drug-likeness (QED) is 0.0320. The van der Waals surface area contributed by atoms with E-state index < -0.39 is 53.1 Å². The van der Waals surface area contributed by atoms with Crippen molar-refractivity contribution in [3.8, 4) is 11.4 Å². The maximum atomic E-state index is 15.3. The highest BCUT2D eigenvalue weighted by atomic mass is 19.1. The lowest BCUT2D eigenvalue weighted by atomic mass is 9.84. The van der Waals surface area contributed by atoms with E-state index in [0.29, 0.717) is 42.9 Å².